The van der Waals surface area contributed by atoms with E-state index in [9.17, 15) is 18.0 Å². The van der Waals surface area contributed by atoms with Gasteiger partial charge in [-0.25, -0.2) is 9.78 Å². The Morgan fingerprint density at radius 3 is 2.33 bits per heavy atom. The van der Waals surface area contributed by atoms with Gasteiger partial charge in [0.2, 0.25) is 0 Å². The van der Waals surface area contributed by atoms with Gasteiger partial charge in [-0.15, -0.1) is 23.1 Å². The fraction of sp³-hybridized carbons (Fsp3) is 0.333. The zero-order valence-electron chi connectivity index (χ0n) is 18.6. The number of aryl methyl sites for hydroxylation is 1. The Kier molecular flexibility index (Phi) is 7.43. The third-order valence-electron chi connectivity index (χ3n) is 4.73. The summed E-state index contributed by atoms with van der Waals surface area (Å²) in [5.41, 5.74) is 1.52. The molecule has 9 heteroatoms. The molecule has 0 unspecified atom stereocenters. The molecule has 0 aliphatic carbocycles. The van der Waals surface area contributed by atoms with Crippen LogP contribution >= 0.6 is 23.1 Å². The van der Waals surface area contributed by atoms with E-state index in [1.54, 1.807) is 17.8 Å². The van der Waals surface area contributed by atoms with Crippen molar-refractivity contribution < 1.29 is 27.8 Å². The van der Waals surface area contributed by atoms with Gasteiger partial charge < -0.3 is 9.84 Å². The zero-order chi connectivity index (χ0) is 24.4. The van der Waals surface area contributed by atoms with Crippen LogP contribution < -0.4 is 4.74 Å². The van der Waals surface area contributed by atoms with E-state index in [0.29, 0.717) is 22.1 Å². The van der Waals surface area contributed by atoms with Crippen molar-refractivity contribution in [1.82, 2.24) is 4.98 Å². The highest BCUT2D eigenvalue weighted by molar-refractivity contribution is 7.98. The van der Waals surface area contributed by atoms with Gasteiger partial charge in [-0.2, -0.15) is 13.2 Å². The SMILES string of the molecule is Cc1cc(SCc2sc(-c3ccc(C(F)(F)F)cc3)nc2C(C)(C)C)ccc1OCC(=O)O. The number of hydrogen-bond acceptors (Lipinski definition) is 5. The Hall–Kier alpha value is -2.52. The van der Waals surface area contributed by atoms with Gasteiger partial charge in [0.1, 0.15) is 10.8 Å². The summed E-state index contributed by atoms with van der Waals surface area (Å²) in [6.45, 7) is 7.65. The van der Waals surface area contributed by atoms with Crippen molar-refractivity contribution in [3.8, 4) is 16.3 Å². The van der Waals surface area contributed by atoms with E-state index >= 15 is 0 Å². The molecule has 0 radical (unpaired) electrons. The van der Waals surface area contributed by atoms with Gasteiger partial charge in [-0.05, 0) is 42.8 Å². The molecule has 3 aromatic rings. The van der Waals surface area contributed by atoms with Crippen molar-refractivity contribution in [2.75, 3.05) is 6.61 Å². The number of hydrogen-bond donors (Lipinski definition) is 1. The fourth-order valence-electron chi connectivity index (χ4n) is 3.12. The van der Waals surface area contributed by atoms with Crippen LogP contribution in [0.5, 0.6) is 5.75 Å². The lowest BCUT2D eigenvalue weighted by molar-refractivity contribution is -0.139. The number of ether oxygens (including phenoxy) is 1. The Morgan fingerprint density at radius 1 is 1.12 bits per heavy atom. The fourth-order valence-corrected chi connectivity index (χ4v) is 5.47. The number of alkyl halides is 3. The lowest BCUT2D eigenvalue weighted by Gasteiger charge is -2.17. The molecule has 0 aliphatic heterocycles. The summed E-state index contributed by atoms with van der Waals surface area (Å²) in [5.74, 6) is 0.149. The molecule has 0 aliphatic rings. The zero-order valence-corrected chi connectivity index (χ0v) is 20.2. The third kappa shape index (κ3) is 6.51. The number of carbonyl (C=O) groups is 1. The minimum absolute atomic E-state index is 0.221. The molecule has 0 amide bonds. The average Bonchev–Trinajstić information content (AvgIpc) is 3.16. The number of carboxylic acid groups (broad SMARTS) is 1. The number of benzene rings is 2. The number of nitrogens with zero attached hydrogens (tertiary/aromatic N) is 1. The second-order valence-electron chi connectivity index (χ2n) is 8.51. The van der Waals surface area contributed by atoms with Crippen LogP contribution in [0.4, 0.5) is 13.2 Å². The van der Waals surface area contributed by atoms with Gasteiger partial charge >= 0.3 is 12.1 Å². The molecule has 4 nitrogen and oxygen atoms in total. The Labute approximate surface area is 198 Å². The topological polar surface area (TPSA) is 59.4 Å². The van der Waals surface area contributed by atoms with Crippen LogP contribution in [-0.2, 0) is 22.1 Å². The van der Waals surface area contributed by atoms with Crippen LogP contribution in [0.25, 0.3) is 10.6 Å². The van der Waals surface area contributed by atoms with E-state index in [0.717, 1.165) is 33.2 Å². The van der Waals surface area contributed by atoms with Crippen LogP contribution in [0.15, 0.2) is 47.4 Å². The average molecular weight is 496 g/mol. The molecule has 1 aromatic heterocycles. The molecular weight excluding hydrogens is 471 g/mol. The summed E-state index contributed by atoms with van der Waals surface area (Å²) in [6, 6.07) is 10.7. The molecule has 0 atom stereocenters. The predicted octanol–water partition coefficient (Wildman–Crippen LogP) is 7.19. The van der Waals surface area contributed by atoms with E-state index in [2.05, 4.69) is 20.8 Å². The first-order valence-electron chi connectivity index (χ1n) is 10.1. The number of aromatic nitrogens is 1. The Bertz CT molecular complexity index is 1130. The number of carboxylic acids is 1. The first kappa shape index (κ1) is 25.1. The van der Waals surface area contributed by atoms with Crippen molar-refractivity contribution in [2.24, 2.45) is 0 Å². The number of thiazole rings is 1. The van der Waals surface area contributed by atoms with Gasteiger partial charge in [0.15, 0.2) is 6.61 Å². The number of aliphatic carboxylic acids is 1. The van der Waals surface area contributed by atoms with Gasteiger partial charge in [0.05, 0.1) is 11.3 Å². The second kappa shape index (κ2) is 9.77. The van der Waals surface area contributed by atoms with Crippen LogP contribution in [0.1, 0.15) is 42.5 Å². The van der Waals surface area contributed by atoms with Crippen molar-refractivity contribution in [1.29, 1.82) is 0 Å². The van der Waals surface area contributed by atoms with Crippen molar-refractivity contribution >= 4 is 29.1 Å². The van der Waals surface area contributed by atoms with Crippen LogP contribution in [-0.4, -0.2) is 22.7 Å². The highest BCUT2D eigenvalue weighted by Gasteiger charge is 2.30. The van der Waals surface area contributed by atoms with Gasteiger partial charge in [0, 0.05) is 26.5 Å². The minimum Gasteiger partial charge on any atom is -0.482 e. The lowest BCUT2D eigenvalue weighted by atomic mass is 9.91. The molecule has 0 bridgehead atoms. The molecular formula is C24H24F3NO3S2. The summed E-state index contributed by atoms with van der Waals surface area (Å²) in [4.78, 5) is 17.5. The van der Waals surface area contributed by atoms with E-state index in [1.807, 2.05) is 19.1 Å². The standard InChI is InChI=1S/C24H24F3NO3S2/c1-14-11-17(9-10-18(14)31-12-20(29)30)32-13-19-21(23(2,3)4)28-22(33-19)15-5-7-16(8-6-15)24(25,26)27/h5-11H,12-13H2,1-4H3,(H,29,30). The van der Waals surface area contributed by atoms with Gasteiger partial charge in [-0.1, -0.05) is 32.9 Å². The maximum absolute atomic E-state index is 12.9. The van der Waals surface area contributed by atoms with Crippen molar-refractivity contribution in [3.05, 3.63) is 64.2 Å². The molecule has 33 heavy (non-hydrogen) atoms. The molecule has 0 saturated carbocycles. The predicted molar refractivity (Wildman–Crippen MR) is 125 cm³/mol. The molecule has 1 N–H and O–H groups in total. The number of rotatable bonds is 7. The summed E-state index contributed by atoms with van der Waals surface area (Å²) >= 11 is 3.10. The normalized spacial score (nSPS) is 12.1. The smallest absolute Gasteiger partial charge is 0.416 e. The molecule has 0 fully saturated rings. The first-order chi connectivity index (χ1) is 15.3. The second-order valence-corrected chi connectivity index (χ2v) is 10.6. The van der Waals surface area contributed by atoms with Crippen LogP contribution in [0.2, 0.25) is 0 Å². The Morgan fingerprint density at radius 2 is 1.79 bits per heavy atom. The van der Waals surface area contributed by atoms with E-state index in [4.69, 9.17) is 14.8 Å². The number of halogens is 3. The number of thioether (sulfide) groups is 1. The van der Waals surface area contributed by atoms with E-state index in [-0.39, 0.29) is 5.41 Å². The maximum atomic E-state index is 12.9. The van der Waals surface area contributed by atoms with Crippen molar-refractivity contribution in [2.45, 2.75) is 49.9 Å². The van der Waals surface area contributed by atoms with Gasteiger partial charge in [-0.3, -0.25) is 0 Å². The maximum Gasteiger partial charge on any atom is 0.416 e. The molecule has 0 saturated heterocycles. The quantitative estimate of drug-likeness (QED) is 0.352. The van der Waals surface area contributed by atoms with Crippen LogP contribution in [0, 0.1) is 6.92 Å². The highest BCUT2D eigenvalue weighted by Crippen LogP contribution is 2.39. The molecule has 176 valence electrons. The molecule has 2 aromatic carbocycles. The van der Waals surface area contributed by atoms with Crippen molar-refractivity contribution in [3.63, 3.8) is 0 Å². The van der Waals surface area contributed by atoms with E-state index in [1.165, 1.54) is 23.5 Å². The summed E-state index contributed by atoms with van der Waals surface area (Å²) in [5, 5.41) is 9.46. The Balaban J connectivity index is 1.81. The lowest BCUT2D eigenvalue weighted by Crippen LogP contribution is -2.13. The largest absolute Gasteiger partial charge is 0.482 e. The summed E-state index contributed by atoms with van der Waals surface area (Å²) < 4.78 is 43.9. The highest BCUT2D eigenvalue weighted by atomic mass is 32.2. The summed E-state index contributed by atoms with van der Waals surface area (Å²) in [7, 11) is 0. The monoisotopic (exact) mass is 495 g/mol. The minimum atomic E-state index is -4.37. The molecule has 1 heterocycles. The van der Waals surface area contributed by atoms with E-state index < -0.39 is 24.3 Å². The molecule has 3 rings (SSSR count). The molecule has 0 spiro atoms. The summed E-state index contributed by atoms with van der Waals surface area (Å²) in [6.07, 6.45) is -4.37. The first-order valence-corrected chi connectivity index (χ1v) is 11.9. The third-order valence-corrected chi connectivity index (χ3v) is 7.04. The van der Waals surface area contributed by atoms with Crippen LogP contribution in [0.3, 0.4) is 0 Å². The van der Waals surface area contributed by atoms with Gasteiger partial charge in [0.25, 0.3) is 0 Å².